The van der Waals surface area contributed by atoms with Gasteiger partial charge in [0.05, 0.1) is 30.4 Å². The third-order valence-electron chi connectivity index (χ3n) is 7.20. The zero-order chi connectivity index (χ0) is 23.4. The van der Waals surface area contributed by atoms with Crippen LogP contribution in [-0.2, 0) is 17.7 Å². The molecule has 0 N–H and O–H groups in total. The lowest BCUT2D eigenvalue weighted by Gasteiger charge is -2.34. The predicted molar refractivity (Wildman–Crippen MR) is 118 cm³/mol. The Hall–Kier alpha value is -3.14. The molecule has 0 spiro atoms. The van der Waals surface area contributed by atoms with Crippen LogP contribution in [0.3, 0.4) is 0 Å². The van der Waals surface area contributed by atoms with E-state index >= 15 is 0 Å². The van der Waals surface area contributed by atoms with Gasteiger partial charge in [0.15, 0.2) is 0 Å². The number of fused-ring (bicyclic) bond motifs is 2. The summed E-state index contributed by atoms with van der Waals surface area (Å²) in [5, 5.41) is 0. The van der Waals surface area contributed by atoms with Crippen molar-refractivity contribution < 1.29 is 23.1 Å². The van der Waals surface area contributed by atoms with Gasteiger partial charge < -0.3 is 19.4 Å². The maximum absolute atomic E-state index is 13.5. The number of rotatable bonds is 3. The molecule has 6 rings (SSSR count). The maximum atomic E-state index is 13.5. The minimum atomic E-state index is -2.69. The van der Waals surface area contributed by atoms with Crippen molar-refractivity contribution >= 4 is 23.5 Å². The highest BCUT2D eigenvalue weighted by molar-refractivity contribution is 5.98. The van der Waals surface area contributed by atoms with Crippen LogP contribution in [0, 0.1) is 0 Å². The van der Waals surface area contributed by atoms with Crippen LogP contribution in [0.25, 0.3) is 0 Å². The fourth-order valence-electron chi connectivity index (χ4n) is 5.09. The average molecular weight is 469 g/mol. The Morgan fingerprint density at radius 2 is 1.85 bits per heavy atom. The van der Waals surface area contributed by atoms with Crippen molar-refractivity contribution in [3.05, 3.63) is 46.8 Å². The van der Waals surface area contributed by atoms with Gasteiger partial charge in [-0.05, 0) is 36.1 Å². The Morgan fingerprint density at radius 1 is 1.06 bits per heavy atom. The first-order chi connectivity index (χ1) is 16.4. The van der Waals surface area contributed by atoms with E-state index in [0.29, 0.717) is 30.9 Å². The number of likely N-dealkylation sites (tertiary alicyclic amines) is 1. The molecule has 0 bridgehead atoms. The SMILES string of the molecule is O=C(c1cnc2c(c1)CCCN2c1cc2c(cn1)C(=O)N(C1COC1)C2)N1CCC(F)(F)CC1. The van der Waals surface area contributed by atoms with Crippen LogP contribution in [-0.4, -0.2) is 76.4 Å². The number of amides is 2. The zero-order valence-corrected chi connectivity index (χ0v) is 18.7. The lowest BCUT2D eigenvalue weighted by atomic mass is 10.0. The second kappa shape index (κ2) is 7.97. The maximum Gasteiger partial charge on any atom is 0.256 e. The van der Waals surface area contributed by atoms with Crippen molar-refractivity contribution in [2.75, 3.05) is 37.7 Å². The molecule has 2 saturated heterocycles. The average Bonchev–Trinajstić information content (AvgIpc) is 3.12. The predicted octanol–water partition coefficient (Wildman–Crippen LogP) is 2.79. The van der Waals surface area contributed by atoms with Gasteiger partial charge in [-0.15, -0.1) is 0 Å². The lowest BCUT2D eigenvalue weighted by molar-refractivity contribution is -0.0540. The number of ether oxygens (including phenoxy) is 1. The van der Waals surface area contributed by atoms with E-state index in [1.807, 2.05) is 21.9 Å². The van der Waals surface area contributed by atoms with E-state index in [0.717, 1.165) is 42.1 Å². The van der Waals surface area contributed by atoms with Gasteiger partial charge >= 0.3 is 0 Å². The highest BCUT2D eigenvalue weighted by atomic mass is 19.3. The number of nitrogens with zero attached hydrogens (tertiary/aromatic N) is 5. The molecule has 0 saturated carbocycles. The summed E-state index contributed by atoms with van der Waals surface area (Å²) >= 11 is 0. The van der Waals surface area contributed by atoms with Crippen molar-refractivity contribution in [1.29, 1.82) is 0 Å². The summed E-state index contributed by atoms with van der Waals surface area (Å²) in [5.41, 5.74) is 2.94. The number of alkyl halides is 2. The number of carbonyl (C=O) groups excluding carboxylic acids is 2. The Kier molecular flexibility index (Phi) is 5.02. The van der Waals surface area contributed by atoms with E-state index in [2.05, 4.69) is 9.97 Å². The normalized spacial score (nSPS) is 21.8. The van der Waals surface area contributed by atoms with E-state index in [-0.39, 0.29) is 43.8 Å². The molecule has 4 aliphatic heterocycles. The van der Waals surface area contributed by atoms with Gasteiger partial charge in [-0.25, -0.2) is 18.7 Å². The van der Waals surface area contributed by atoms with Crippen LogP contribution >= 0.6 is 0 Å². The largest absolute Gasteiger partial charge is 0.377 e. The van der Waals surface area contributed by atoms with Crippen LogP contribution in [0.1, 0.15) is 51.1 Å². The third kappa shape index (κ3) is 3.60. The molecule has 0 atom stereocenters. The zero-order valence-electron chi connectivity index (χ0n) is 18.7. The smallest absolute Gasteiger partial charge is 0.256 e. The molecular formula is C24H25F2N5O3. The molecule has 0 aromatic carbocycles. The number of aromatic nitrogens is 2. The second-order valence-electron chi connectivity index (χ2n) is 9.43. The number of piperidine rings is 1. The highest BCUT2D eigenvalue weighted by Gasteiger charge is 2.38. The molecule has 6 heterocycles. The van der Waals surface area contributed by atoms with Crippen LogP contribution in [0.15, 0.2) is 24.5 Å². The van der Waals surface area contributed by atoms with Gasteiger partial charge in [0.2, 0.25) is 0 Å². The van der Waals surface area contributed by atoms with Crippen LogP contribution in [0.2, 0.25) is 0 Å². The van der Waals surface area contributed by atoms with Gasteiger partial charge in [-0.2, -0.15) is 0 Å². The first kappa shape index (κ1) is 21.4. The molecule has 0 unspecified atom stereocenters. The highest BCUT2D eigenvalue weighted by Crippen LogP contribution is 2.35. The molecule has 4 aliphatic rings. The van der Waals surface area contributed by atoms with Gasteiger partial charge in [0, 0.05) is 51.4 Å². The van der Waals surface area contributed by atoms with Crippen molar-refractivity contribution in [1.82, 2.24) is 19.8 Å². The van der Waals surface area contributed by atoms with Gasteiger partial charge in [-0.1, -0.05) is 0 Å². The number of aryl methyl sites for hydroxylation is 1. The molecule has 8 nitrogen and oxygen atoms in total. The lowest BCUT2D eigenvalue weighted by Crippen LogP contribution is -2.48. The Bertz CT molecular complexity index is 1160. The molecule has 34 heavy (non-hydrogen) atoms. The van der Waals surface area contributed by atoms with Gasteiger partial charge in [-0.3, -0.25) is 9.59 Å². The number of carbonyl (C=O) groups is 2. The quantitative estimate of drug-likeness (QED) is 0.688. The first-order valence-corrected chi connectivity index (χ1v) is 11.7. The summed E-state index contributed by atoms with van der Waals surface area (Å²) in [5.74, 6) is -1.48. The molecule has 2 fully saturated rings. The first-order valence-electron chi connectivity index (χ1n) is 11.7. The molecular weight excluding hydrogens is 444 g/mol. The van der Waals surface area contributed by atoms with Crippen molar-refractivity contribution in [2.24, 2.45) is 0 Å². The molecule has 10 heteroatoms. The summed E-state index contributed by atoms with van der Waals surface area (Å²) in [6.07, 6.45) is 4.21. The van der Waals surface area contributed by atoms with E-state index < -0.39 is 5.92 Å². The third-order valence-corrected chi connectivity index (χ3v) is 7.20. The number of pyridine rings is 2. The topological polar surface area (TPSA) is 78.9 Å². The summed E-state index contributed by atoms with van der Waals surface area (Å²) in [7, 11) is 0. The van der Waals surface area contributed by atoms with E-state index in [1.165, 1.54) is 11.1 Å². The molecule has 0 aliphatic carbocycles. The summed E-state index contributed by atoms with van der Waals surface area (Å²) < 4.78 is 32.2. The summed E-state index contributed by atoms with van der Waals surface area (Å²) in [6.45, 7) is 2.53. The monoisotopic (exact) mass is 469 g/mol. The molecule has 2 aromatic rings. The van der Waals surface area contributed by atoms with E-state index in [1.54, 1.807) is 6.20 Å². The number of anilines is 2. The molecule has 2 amide bonds. The van der Waals surface area contributed by atoms with Crippen molar-refractivity contribution in [3.8, 4) is 0 Å². The fourth-order valence-corrected chi connectivity index (χ4v) is 5.09. The van der Waals surface area contributed by atoms with Crippen molar-refractivity contribution in [2.45, 2.75) is 44.2 Å². The minimum Gasteiger partial charge on any atom is -0.377 e. The standard InChI is InChI=1S/C24H25F2N5O3/c25-24(26)3-6-29(7-4-24)22(32)16-8-15-2-1-5-30(21(15)28-10-16)20-9-17-12-31(18-13-34-14-18)23(33)19(17)11-27-20/h8-11,18H,1-7,12-14H2. The molecule has 2 aromatic heterocycles. The number of halogens is 2. The number of hydrogen-bond acceptors (Lipinski definition) is 6. The van der Waals surface area contributed by atoms with E-state index in [9.17, 15) is 18.4 Å². The summed E-state index contributed by atoms with van der Waals surface area (Å²) in [4.78, 5) is 40.1. The Morgan fingerprint density at radius 3 is 2.59 bits per heavy atom. The Balaban J connectivity index is 1.23. The van der Waals surface area contributed by atoms with Crippen LogP contribution in [0.5, 0.6) is 0 Å². The molecule has 178 valence electrons. The fraction of sp³-hybridized carbons (Fsp3) is 0.500. The second-order valence-corrected chi connectivity index (χ2v) is 9.43. The summed E-state index contributed by atoms with van der Waals surface area (Å²) in [6, 6.07) is 3.91. The van der Waals surface area contributed by atoms with Crippen molar-refractivity contribution in [3.63, 3.8) is 0 Å². The molecule has 0 radical (unpaired) electrons. The Labute approximate surface area is 195 Å². The van der Waals surface area contributed by atoms with Gasteiger partial charge in [0.25, 0.3) is 17.7 Å². The van der Waals surface area contributed by atoms with Crippen LogP contribution in [0.4, 0.5) is 20.4 Å². The van der Waals surface area contributed by atoms with Gasteiger partial charge in [0.1, 0.15) is 11.6 Å². The van der Waals surface area contributed by atoms with E-state index in [4.69, 9.17) is 4.74 Å². The minimum absolute atomic E-state index is 0.00171. The number of hydrogen-bond donors (Lipinski definition) is 0. The van der Waals surface area contributed by atoms with Crippen LogP contribution < -0.4 is 4.90 Å².